The molecule has 1 rings (SSSR count). The molecule has 1 aliphatic heterocycles. The minimum Gasteiger partial charge on any atom is -0.377 e. The zero-order chi connectivity index (χ0) is 9.19. The quantitative estimate of drug-likeness (QED) is 0.542. The lowest BCUT2D eigenvalue weighted by atomic mass is 9.80. The van der Waals surface area contributed by atoms with E-state index in [4.69, 9.17) is 4.74 Å². The molecule has 0 N–H and O–H groups in total. The normalized spacial score (nSPS) is 33.0. The van der Waals surface area contributed by atoms with Crippen LogP contribution in [0.4, 0.5) is 0 Å². The molecule has 0 aliphatic carbocycles. The van der Waals surface area contributed by atoms with Gasteiger partial charge in [-0.2, -0.15) is 0 Å². The molecule has 1 fully saturated rings. The van der Waals surface area contributed by atoms with Gasteiger partial charge in [0.05, 0.1) is 6.10 Å². The van der Waals surface area contributed by atoms with Crippen molar-refractivity contribution >= 4 is 0 Å². The van der Waals surface area contributed by atoms with Gasteiger partial charge < -0.3 is 4.74 Å². The Morgan fingerprint density at radius 1 is 1.17 bits per heavy atom. The summed E-state index contributed by atoms with van der Waals surface area (Å²) in [5, 5.41) is 0. The summed E-state index contributed by atoms with van der Waals surface area (Å²) < 4.78 is 5.88. The molecule has 12 heavy (non-hydrogen) atoms. The Hall–Kier alpha value is -0.0400. The topological polar surface area (TPSA) is 9.23 Å². The van der Waals surface area contributed by atoms with E-state index in [1.165, 1.54) is 19.3 Å². The van der Waals surface area contributed by atoms with Crippen LogP contribution in [0, 0.1) is 11.3 Å². The number of hydrogen-bond donors (Lipinski definition) is 0. The fraction of sp³-hybridized carbons (Fsp3) is 1.00. The highest BCUT2D eigenvalue weighted by molar-refractivity contribution is 4.80. The van der Waals surface area contributed by atoms with Gasteiger partial charge in [-0.1, -0.05) is 34.1 Å². The maximum atomic E-state index is 5.88. The van der Waals surface area contributed by atoms with Crippen molar-refractivity contribution in [1.29, 1.82) is 0 Å². The first kappa shape index (κ1) is 10.0. The summed E-state index contributed by atoms with van der Waals surface area (Å²) in [7, 11) is 0. The average Bonchev–Trinajstić information content (AvgIpc) is 2.11. The van der Waals surface area contributed by atoms with E-state index >= 15 is 0 Å². The zero-order valence-corrected chi connectivity index (χ0v) is 8.89. The molecule has 1 aliphatic rings. The van der Waals surface area contributed by atoms with Gasteiger partial charge in [0.1, 0.15) is 0 Å². The lowest BCUT2D eigenvalue weighted by Gasteiger charge is -2.33. The fourth-order valence-corrected chi connectivity index (χ4v) is 2.20. The van der Waals surface area contributed by atoms with Gasteiger partial charge >= 0.3 is 0 Å². The van der Waals surface area contributed by atoms with Crippen LogP contribution in [0.5, 0.6) is 0 Å². The van der Waals surface area contributed by atoms with E-state index in [-0.39, 0.29) is 0 Å². The van der Waals surface area contributed by atoms with Crippen molar-refractivity contribution in [2.75, 3.05) is 6.61 Å². The van der Waals surface area contributed by atoms with Crippen molar-refractivity contribution in [3.05, 3.63) is 0 Å². The number of rotatable bonds is 0. The average molecular weight is 170 g/mol. The van der Waals surface area contributed by atoms with E-state index in [2.05, 4.69) is 27.7 Å². The van der Waals surface area contributed by atoms with Gasteiger partial charge in [0.25, 0.3) is 0 Å². The first-order valence-corrected chi connectivity index (χ1v) is 5.13. The molecule has 1 saturated heterocycles. The Morgan fingerprint density at radius 2 is 1.83 bits per heavy atom. The monoisotopic (exact) mass is 170 g/mol. The van der Waals surface area contributed by atoms with Gasteiger partial charge in [-0.25, -0.2) is 0 Å². The van der Waals surface area contributed by atoms with Gasteiger partial charge in [0.2, 0.25) is 0 Å². The molecule has 1 heteroatoms. The molecule has 1 nitrogen and oxygen atoms in total. The second kappa shape index (κ2) is 3.78. The summed E-state index contributed by atoms with van der Waals surface area (Å²) in [5.41, 5.74) is 0.309. The van der Waals surface area contributed by atoms with Gasteiger partial charge in [0.15, 0.2) is 0 Å². The van der Waals surface area contributed by atoms with E-state index in [1.54, 1.807) is 0 Å². The minimum absolute atomic E-state index is 0.309. The molecule has 0 spiro atoms. The van der Waals surface area contributed by atoms with E-state index in [9.17, 15) is 0 Å². The van der Waals surface area contributed by atoms with E-state index in [1.807, 2.05) is 0 Å². The maximum absolute atomic E-state index is 5.88. The Labute approximate surface area is 76.5 Å². The first-order valence-electron chi connectivity index (χ1n) is 5.13. The van der Waals surface area contributed by atoms with Crippen LogP contribution in [0.25, 0.3) is 0 Å². The van der Waals surface area contributed by atoms with Crippen LogP contribution in [-0.2, 0) is 4.74 Å². The van der Waals surface area contributed by atoms with Crippen molar-refractivity contribution in [3.63, 3.8) is 0 Å². The summed E-state index contributed by atoms with van der Waals surface area (Å²) in [6.07, 6.45) is 4.38. The van der Waals surface area contributed by atoms with Crippen LogP contribution < -0.4 is 0 Å². The standard InChI is InChI=1S/C11H22O/c1-9-7-5-6-8-12-10(9)11(2,3)4/h9-10H,5-8H2,1-4H3. The molecule has 1 heterocycles. The maximum Gasteiger partial charge on any atom is 0.0648 e. The van der Waals surface area contributed by atoms with Crippen molar-refractivity contribution in [3.8, 4) is 0 Å². The van der Waals surface area contributed by atoms with Crippen molar-refractivity contribution in [2.45, 2.75) is 53.1 Å². The van der Waals surface area contributed by atoms with Crippen LogP contribution >= 0.6 is 0 Å². The van der Waals surface area contributed by atoms with Gasteiger partial charge in [0, 0.05) is 6.61 Å². The van der Waals surface area contributed by atoms with E-state index < -0.39 is 0 Å². The van der Waals surface area contributed by atoms with Crippen LogP contribution in [0.3, 0.4) is 0 Å². The number of ether oxygens (including phenoxy) is 1. The van der Waals surface area contributed by atoms with Gasteiger partial charge in [-0.3, -0.25) is 0 Å². The van der Waals surface area contributed by atoms with Crippen molar-refractivity contribution in [2.24, 2.45) is 11.3 Å². The predicted molar refractivity (Wildman–Crippen MR) is 52.2 cm³/mol. The molecule has 0 aromatic carbocycles. The van der Waals surface area contributed by atoms with Crippen molar-refractivity contribution < 1.29 is 4.74 Å². The lowest BCUT2D eigenvalue weighted by molar-refractivity contribution is -0.0405. The molecule has 2 atom stereocenters. The molecule has 0 amide bonds. The third kappa shape index (κ3) is 2.48. The molecule has 72 valence electrons. The van der Waals surface area contributed by atoms with E-state index in [0.29, 0.717) is 11.5 Å². The smallest absolute Gasteiger partial charge is 0.0648 e. The van der Waals surface area contributed by atoms with Crippen LogP contribution in [0.1, 0.15) is 47.0 Å². The summed E-state index contributed by atoms with van der Waals surface area (Å²) >= 11 is 0. The fourth-order valence-electron chi connectivity index (χ4n) is 2.20. The second-order valence-electron chi connectivity index (χ2n) is 5.13. The molecule has 0 saturated carbocycles. The Bertz CT molecular complexity index is 134. The Morgan fingerprint density at radius 3 is 2.42 bits per heavy atom. The van der Waals surface area contributed by atoms with Crippen LogP contribution in [0.15, 0.2) is 0 Å². The predicted octanol–water partition coefficient (Wildman–Crippen LogP) is 3.24. The van der Waals surface area contributed by atoms with Crippen LogP contribution in [-0.4, -0.2) is 12.7 Å². The highest BCUT2D eigenvalue weighted by atomic mass is 16.5. The van der Waals surface area contributed by atoms with Gasteiger partial charge in [-0.05, 0) is 24.2 Å². The Balaban J connectivity index is 2.59. The molecule has 0 radical (unpaired) electrons. The van der Waals surface area contributed by atoms with Gasteiger partial charge in [-0.15, -0.1) is 0 Å². The largest absolute Gasteiger partial charge is 0.377 e. The number of hydrogen-bond acceptors (Lipinski definition) is 1. The van der Waals surface area contributed by atoms with Crippen LogP contribution in [0.2, 0.25) is 0 Å². The molecule has 0 aromatic rings. The molecule has 0 aromatic heterocycles. The Kier molecular flexibility index (Phi) is 3.16. The van der Waals surface area contributed by atoms with Crippen molar-refractivity contribution in [1.82, 2.24) is 0 Å². The zero-order valence-electron chi connectivity index (χ0n) is 8.89. The molecular weight excluding hydrogens is 148 g/mol. The summed E-state index contributed by atoms with van der Waals surface area (Å²) in [6.45, 7) is 10.1. The summed E-state index contributed by atoms with van der Waals surface area (Å²) in [5.74, 6) is 0.729. The molecule has 2 unspecified atom stereocenters. The third-order valence-corrected chi connectivity index (χ3v) is 2.72. The third-order valence-electron chi connectivity index (χ3n) is 2.72. The lowest BCUT2D eigenvalue weighted by Crippen LogP contribution is -2.34. The van der Waals surface area contributed by atoms with E-state index in [0.717, 1.165) is 12.5 Å². The SMILES string of the molecule is CC1CCCCOC1C(C)(C)C. The summed E-state index contributed by atoms with van der Waals surface area (Å²) in [6, 6.07) is 0. The minimum atomic E-state index is 0.309. The molecular formula is C11H22O. The molecule has 0 bridgehead atoms. The second-order valence-corrected chi connectivity index (χ2v) is 5.13. The first-order chi connectivity index (χ1) is 5.52. The summed E-state index contributed by atoms with van der Waals surface area (Å²) in [4.78, 5) is 0. The highest BCUT2D eigenvalue weighted by Gasteiger charge is 2.31. The highest BCUT2D eigenvalue weighted by Crippen LogP contribution is 2.32.